The van der Waals surface area contributed by atoms with Gasteiger partial charge in [0.05, 0.1) is 4.90 Å². The van der Waals surface area contributed by atoms with Crippen molar-refractivity contribution in [3.8, 4) is 0 Å². The van der Waals surface area contributed by atoms with E-state index in [1.54, 1.807) is 12.1 Å². The second-order valence-electron chi connectivity index (χ2n) is 4.42. The molecule has 3 N–H and O–H groups in total. The fourth-order valence-electron chi connectivity index (χ4n) is 1.92. The molecule has 1 unspecified atom stereocenters. The fraction of sp³-hybridized carbons (Fsp3) is 0.538. The summed E-state index contributed by atoms with van der Waals surface area (Å²) >= 11 is 0. The number of nitrogens with two attached hydrogens (primary N) is 1. The third-order valence-electron chi connectivity index (χ3n) is 2.92. The summed E-state index contributed by atoms with van der Waals surface area (Å²) < 4.78 is 23.0. The normalized spacial score (nSPS) is 13.5. The highest BCUT2D eigenvalue weighted by atomic mass is 32.2. The summed E-state index contributed by atoms with van der Waals surface area (Å²) in [7, 11) is -3.64. The van der Waals surface area contributed by atoms with Gasteiger partial charge in [-0.05, 0) is 37.4 Å². The lowest BCUT2D eigenvalue weighted by molar-refractivity contribution is 0.491. The van der Waals surface area contributed by atoms with Crippen LogP contribution < -0.4 is 10.5 Å². The number of benzene rings is 1. The van der Waals surface area contributed by atoms with Crippen LogP contribution in [0.3, 0.4) is 0 Å². The van der Waals surface area contributed by atoms with Gasteiger partial charge < -0.3 is 5.32 Å². The van der Waals surface area contributed by atoms with Gasteiger partial charge in [-0.3, -0.25) is 0 Å². The maximum atomic E-state index is 11.5. The highest BCUT2D eigenvalue weighted by Crippen LogP contribution is 2.16. The van der Waals surface area contributed by atoms with E-state index in [1.807, 2.05) is 12.1 Å². The predicted molar refractivity (Wildman–Crippen MR) is 73.9 cm³/mol. The van der Waals surface area contributed by atoms with E-state index in [9.17, 15) is 8.42 Å². The first kappa shape index (κ1) is 15.1. The summed E-state index contributed by atoms with van der Waals surface area (Å²) in [6.07, 6.45) is 2.70. The number of primary sulfonamides is 1. The maximum Gasteiger partial charge on any atom is 0.238 e. The van der Waals surface area contributed by atoms with E-state index < -0.39 is 10.0 Å². The largest absolute Gasteiger partial charge is 0.314 e. The Hall–Kier alpha value is -0.910. The van der Waals surface area contributed by atoms with Crippen molar-refractivity contribution < 1.29 is 8.42 Å². The van der Waals surface area contributed by atoms with E-state index in [2.05, 4.69) is 19.2 Å². The smallest absolute Gasteiger partial charge is 0.238 e. The first-order valence-electron chi connectivity index (χ1n) is 6.33. The van der Waals surface area contributed by atoms with Crippen molar-refractivity contribution >= 4 is 10.0 Å². The Morgan fingerprint density at radius 1 is 1.28 bits per heavy atom. The molecule has 18 heavy (non-hydrogen) atoms. The summed E-state index contributed by atoms with van der Waals surface area (Å²) in [6.45, 7) is 5.14. The Balaban J connectivity index is 2.89. The van der Waals surface area contributed by atoms with E-state index in [-0.39, 0.29) is 10.9 Å². The SMILES string of the molecule is CCCNC(CC)Cc1ccccc1S(N)(=O)=O. The zero-order chi connectivity index (χ0) is 13.6. The van der Waals surface area contributed by atoms with Crippen LogP contribution in [0.5, 0.6) is 0 Å². The van der Waals surface area contributed by atoms with Gasteiger partial charge in [-0.25, -0.2) is 13.6 Å². The third-order valence-corrected chi connectivity index (χ3v) is 3.93. The number of hydrogen-bond donors (Lipinski definition) is 2. The van der Waals surface area contributed by atoms with E-state index in [0.717, 1.165) is 24.9 Å². The van der Waals surface area contributed by atoms with Crippen LogP contribution in [0.15, 0.2) is 29.2 Å². The van der Waals surface area contributed by atoms with Gasteiger partial charge in [0.2, 0.25) is 10.0 Å². The lowest BCUT2D eigenvalue weighted by Gasteiger charge is -2.18. The minimum absolute atomic E-state index is 0.238. The molecule has 1 aromatic rings. The predicted octanol–water partition coefficient (Wildman–Crippen LogP) is 1.65. The van der Waals surface area contributed by atoms with Crippen molar-refractivity contribution in [3.63, 3.8) is 0 Å². The summed E-state index contributed by atoms with van der Waals surface area (Å²) in [4.78, 5) is 0.238. The van der Waals surface area contributed by atoms with Gasteiger partial charge in [0.15, 0.2) is 0 Å². The van der Waals surface area contributed by atoms with E-state index in [0.29, 0.717) is 6.42 Å². The molecule has 0 radical (unpaired) electrons. The topological polar surface area (TPSA) is 72.2 Å². The Morgan fingerprint density at radius 2 is 1.94 bits per heavy atom. The van der Waals surface area contributed by atoms with Crippen LogP contribution in [0, 0.1) is 0 Å². The summed E-state index contributed by atoms with van der Waals surface area (Å²) in [5.74, 6) is 0. The van der Waals surface area contributed by atoms with Crippen molar-refractivity contribution in [2.24, 2.45) is 5.14 Å². The first-order valence-corrected chi connectivity index (χ1v) is 7.87. The van der Waals surface area contributed by atoms with Crippen LogP contribution >= 0.6 is 0 Å². The van der Waals surface area contributed by atoms with Crippen molar-refractivity contribution in [1.82, 2.24) is 5.32 Å². The molecule has 5 heteroatoms. The molecule has 0 saturated heterocycles. The van der Waals surface area contributed by atoms with Crippen LogP contribution in [0.4, 0.5) is 0 Å². The van der Waals surface area contributed by atoms with Gasteiger partial charge in [-0.15, -0.1) is 0 Å². The van der Waals surface area contributed by atoms with E-state index in [4.69, 9.17) is 5.14 Å². The zero-order valence-corrected chi connectivity index (χ0v) is 11.8. The Bertz CT molecular complexity index is 472. The summed E-state index contributed by atoms with van der Waals surface area (Å²) in [5, 5.41) is 8.64. The standard InChI is InChI=1S/C13H22N2O2S/c1-3-9-15-12(4-2)10-11-7-5-6-8-13(11)18(14,16)17/h5-8,12,15H,3-4,9-10H2,1-2H3,(H2,14,16,17). The molecule has 1 rings (SSSR count). The molecule has 1 aromatic carbocycles. The molecule has 0 fully saturated rings. The molecular formula is C13H22N2O2S. The van der Waals surface area contributed by atoms with Crippen LogP contribution in [0.2, 0.25) is 0 Å². The molecule has 0 heterocycles. The summed E-state index contributed by atoms with van der Waals surface area (Å²) in [6, 6.07) is 7.22. The van der Waals surface area contributed by atoms with Crippen molar-refractivity contribution in [2.45, 2.75) is 44.0 Å². The molecule has 0 aliphatic heterocycles. The highest BCUT2D eigenvalue weighted by molar-refractivity contribution is 7.89. The van der Waals surface area contributed by atoms with Gasteiger partial charge in [0.1, 0.15) is 0 Å². The molecule has 1 atom stereocenters. The number of sulfonamides is 1. The van der Waals surface area contributed by atoms with Gasteiger partial charge in [-0.2, -0.15) is 0 Å². The number of nitrogens with one attached hydrogen (secondary N) is 1. The third kappa shape index (κ3) is 4.40. The number of rotatable bonds is 7. The second kappa shape index (κ2) is 6.87. The first-order chi connectivity index (χ1) is 8.49. The van der Waals surface area contributed by atoms with Crippen LogP contribution in [0.25, 0.3) is 0 Å². The van der Waals surface area contributed by atoms with E-state index in [1.165, 1.54) is 0 Å². The minimum atomic E-state index is -3.64. The van der Waals surface area contributed by atoms with Crippen molar-refractivity contribution in [2.75, 3.05) is 6.54 Å². The molecule has 102 valence electrons. The van der Waals surface area contributed by atoms with E-state index >= 15 is 0 Å². The fourth-order valence-corrected chi connectivity index (χ4v) is 2.71. The average molecular weight is 270 g/mol. The molecule has 0 saturated carbocycles. The van der Waals surface area contributed by atoms with Gasteiger partial charge in [0.25, 0.3) is 0 Å². The average Bonchev–Trinajstić information content (AvgIpc) is 2.33. The quantitative estimate of drug-likeness (QED) is 0.791. The summed E-state index contributed by atoms with van der Waals surface area (Å²) in [5.41, 5.74) is 0.787. The zero-order valence-electron chi connectivity index (χ0n) is 11.0. The molecule has 0 aromatic heterocycles. The Labute approximate surface area is 110 Å². The highest BCUT2D eigenvalue weighted by Gasteiger charge is 2.15. The van der Waals surface area contributed by atoms with Gasteiger partial charge in [0, 0.05) is 6.04 Å². The lowest BCUT2D eigenvalue weighted by Crippen LogP contribution is -2.31. The lowest BCUT2D eigenvalue weighted by atomic mass is 10.0. The van der Waals surface area contributed by atoms with Crippen LogP contribution in [0.1, 0.15) is 32.3 Å². The number of hydrogen-bond acceptors (Lipinski definition) is 3. The van der Waals surface area contributed by atoms with Gasteiger partial charge >= 0.3 is 0 Å². The molecule has 0 spiro atoms. The second-order valence-corrected chi connectivity index (χ2v) is 5.95. The van der Waals surface area contributed by atoms with Crippen LogP contribution in [-0.2, 0) is 16.4 Å². The minimum Gasteiger partial charge on any atom is -0.314 e. The molecule has 0 amide bonds. The molecule has 4 nitrogen and oxygen atoms in total. The monoisotopic (exact) mass is 270 g/mol. The maximum absolute atomic E-state index is 11.5. The Morgan fingerprint density at radius 3 is 2.50 bits per heavy atom. The molecule has 0 aliphatic carbocycles. The van der Waals surface area contributed by atoms with Crippen molar-refractivity contribution in [3.05, 3.63) is 29.8 Å². The van der Waals surface area contributed by atoms with Gasteiger partial charge in [-0.1, -0.05) is 32.0 Å². The van der Waals surface area contributed by atoms with Crippen molar-refractivity contribution in [1.29, 1.82) is 0 Å². The van der Waals surface area contributed by atoms with Crippen LogP contribution in [-0.4, -0.2) is 21.0 Å². The molecular weight excluding hydrogens is 248 g/mol. The Kier molecular flexibility index (Phi) is 5.78. The molecule has 0 bridgehead atoms. The molecule has 0 aliphatic rings.